The largest absolute Gasteiger partial charge is 0.497 e. The first-order chi connectivity index (χ1) is 16.0. The molecule has 1 amide bonds. The van der Waals surface area contributed by atoms with E-state index in [0.29, 0.717) is 28.8 Å². The molecule has 5 nitrogen and oxygen atoms in total. The smallest absolute Gasteiger partial charge is 0.258 e. The number of carbonyl (C=O) groups excluding carboxylic acids is 1. The maximum atomic E-state index is 14.6. The second-order valence-electron chi connectivity index (χ2n) is 8.18. The summed E-state index contributed by atoms with van der Waals surface area (Å²) >= 11 is 3.21. The van der Waals surface area contributed by atoms with Gasteiger partial charge in [-0.05, 0) is 82.5 Å². The molecule has 0 saturated carbocycles. The van der Waals surface area contributed by atoms with Crippen LogP contribution in [0, 0.1) is 11.6 Å². The number of ether oxygens (including phenoxy) is 1. The molecule has 1 aromatic heterocycles. The van der Waals surface area contributed by atoms with Crippen molar-refractivity contribution < 1.29 is 18.3 Å². The zero-order chi connectivity index (χ0) is 22.9. The molecular weight excluding hydrogens is 492 g/mol. The van der Waals surface area contributed by atoms with Crippen LogP contribution in [0.5, 0.6) is 5.75 Å². The van der Waals surface area contributed by atoms with Crippen LogP contribution in [0.15, 0.2) is 59.1 Å². The van der Waals surface area contributed by atoms with E-state index in [1.54, 1.807) is 30.2 Å². The molecule has 0 spiro atoms. The molecule has 6 rings (SSSR count). The molecule has 0 bridgehead atoms. The molecule has 1 N–H and O–H groups in total. The zero-order valence-electron chi connectivity index (χ0n) is 17.5. The lowest BCUT2D eigenvalue weighted by molar-refractivity contribution is 0.0641. The van der Waals surface area contributed by atoms with Crippen LogP contribution in [-0.4, -0.2) is 29.4 Å². The van der Waals surface area contributed by atoms with E-state index in [4.69, 9.17) is 4.74 Å². The molecule has 1 unspecified atom stereocenters. The highest BCUT2D eigenvalue weighted by Crippen LogP contribution is 2.48. The summed E-state index contributed by atoms with van der Waals surface area (Å²) in [6, 6.07) is 14.8. The highest BCUT2D eigenvalue weighted by atomic mass is 79.9. The fourth-order valence-electron chi connectivity index (χ4n) is 4.95. The van der Waals surface area contributed by atoms with Crippen LogP contribution >= 0.6 is 15.9 Å². The summed E-state index contributed by atoms with van der Waals surface area (Å²) in [7, 11) is 1.63. The lowest BCUT2D eigenvalue weighted by Gasteiger charge is -2.47. The first-order valence-electron chi connectivity index (χ1n) is 10.5. The minimum Gasteiger partial charge on any atom is -0.497 e. The second kappa shape index (κ2) is 7.31. The van der Waals surface area contributed by atoms with Crippen LogP contribution in [0.1, 0.15) is 27.8 Å². The van der Waals surface area contributed by atoms with E-state index >= 15 is 0 Å². The third kappa shape index (κ3) is 2.97. The number of H-pyrrole nitrogens is 1. The predicted molar refractivity (Wildman–Crippen MR) is 125 cm³/mol. The molecule has 0 saturated heterocycles. The minimum absolute atomic E-state index is 0.245. The molecule has 4 aromatic rings. The molecule has 33 heavy (non-hydrogen) atoms. The zero-order valence-corrected chi connectivity index (χ0v) is 19.1. The van der Waals surface area contributed by atoms with Crippen molar-refractivity contribution in [3.05, 3.63) is 87.5 Å². The number of carbonyl (C=O) groups is 1. The van der Waals surface area contributed by atoms with Gasteiger partial charge in [-0.1, -0.05) is 0 Å². The number of aromatic nitrogens is 1. The number of nitrogens with zero attached hydrogens (tertiary/aromatic N) is 2. The molecule has 0 fully saturated rings. The van der Waals surface area contributed by atoms with Crippen LogP contribution < -0.4 is 9.64 Å². The number of amides is 1. The average molecular weight is 510 g/mol. The van der Waals surface area contributed by atoms with E-state index in [9.17, 15) is 13.6 Å². The Kier molecular flexibility index (Phi) is 4.48. The van der Waals surface area contributed by atoms with Gasteiger partial charge in [0, 0.05) is 23.1 Å². The molecule has 8 heteroatoms. The second-order valence-corrected chi connectivity index (χ2v) is 9.04. The highest BCUT2D eigenvalue weighted by Gasteiger charge is 2.44. The highest BCUT2D eigenvalue weighted by molar-refractivity contribution is 9.10. The Hall–Kier alpha value is -3.39. The number of fused-ring (bicyclic) bond motifs is 6. The van der Waals surface area contributed by atoms with Crippen LogP contribution in [-0.2, 0) is 6.42 Å². The molecule has 166 valence electrons. The van der Waals surface area contributed by atoms with E-state index in [2.05, 4.69) is 20.9 Å². The monoisotopic (exact) mass is 509 g/mol. The Morgan fingerprint density at radius 1 is 1.09 bits per heavy atom. The summed E-state index contributed by atoms with van der Waals surface area (Å²) in [6.45, 7) is 0.451. The average Bonchev–Trinajstić information content (AvgIpc) is 3.19. The van der Waals surface area contributed by atoms with Crippen molar-refractivity contribution in [3.63, 3.8) is 0 Å². The number of hydrogen-bond donors (Lipinski definition) is 1. The maximum absolute atomic E-state index is 14.6. The lowest BCUT2D eigenvalue weighted by atomic mass is 9.95. The van der Waals surface area contributed by atoms with Gasteiger partial charge in [0.2, 0.25) is 0 Å². The molecule has 2 aliphatic heterocycles. The number of benzene rings is 3. The molecule has 0 aliphatic carbocycles. The Balaban J connectivity index is 1.62. The number of methoxy groups -OCH3 is 1. The quantitative estimate of drug-likeness (QED) is 0.357. The number of anilines is 2. The van der Waals surface area contributed by atoms with Gasteiger partial charge >= 0.3 is 0 Å². The summed E-state index contributed by atoms with van der Waals surface area (Å²) in [5.41, 5.74) is 4.24. The summed E-state index contributed by atoms with van der Waals surface area (Å²) in [5, 5.41) is 1.03. The van der Waals surface area contributed by atoms with E-state index < -0.39 is 17.8 Å². The Morgan fingerprint density at radius 3 is 2.73 bits per heavy atom. The van der Waals surface area contributed by atoms with Crippen molar-refractivity contribution in [1.29, 1.82) is 0 Å². The molecule has 2 aliphatic rings. The topological polar surface area (TPSA) is 48.6 Å². The molecule has 1 atom stereocenters. The van der Waals surface area contributed by atoms with Gasteiger partial charge < -0.3 is 19.5 Å². The number of halogens is 3. The summed E-state index contributed by atoms with van der Waals surface area (Å²) < 4.78 is 34.5. The standard InChI is InChI=1S/C25H18BrF2N3O2/c1-33-15-4-6-21-17(12-15)16-8-9-30-24(23(16)29-21)31(14-3-5-19(26)20(28)11-14)22-7-2-13(27)10-18(22)25(30)32/h2-7,10-12,24,29H,8-9H2,1H3. The number of rotatable bonds is 2. The van der Waals surface area contributed by atoms with Gasteiger partial charge in [-0.25, -0.2) is 8.78 Å². The fourth-order valence-corrected chi connectivity index (χ4v) is 5.19. The van der Waals surface area contributed by atoms with Crippen LogP contribution in [0.2, 0.25) is 0 Å². The van der Waals surface area contributed by atoms with E-state index in [1.807, 2.05) is 23.1 Å². The van der Waals surface area contributed by atoms with E-state index in [0.717, 1.165) is 27.9 Å². The van der Waals surface area contributed by atoms with Crippen molar-refractivity contribution in [2.24, 2.45) is 0 Å². The number of nitrogens with one attached hydrogen (secondary N) is 1. The maximum Gasteiger partial charge on any atom is 0.258 e. The third-order valence-corrected chi connectivity index (χ3v) is 7.08. The minimum atomic E-state index is -0.529. The Morgan fingerprint density at radius 2 is 1.94 bits per heavy atom. The summed E-state index contributed by atoms with van der Waals surface area (Å²) in [6.07, 6.45) is 0.107. The van der Waals surface area contributed by atoms with Crippen molar-refractivity contribution >= 4 is 44.1 Å². The van der Waals surface area contributed by atoms with Gasteiger partial charge in [-0.15, -0.1) is 0 Å². The summed E-state index contributed by atoms with van der Waals surface area (Å²) in [5.74, 6) is -0.403. The van der Waals surface area contributed by atoms with Gasteiger partial charge in [0.1, 0.15) is 17.4 Å². The van der Waals surface area contributed by atoms with Crippen LogP contribution in [0.3, 0.4) is 0 Å². The Labute approximate surface area is 196 Å². The molecule has 3 aromatic carbocycles. The fraction of sp³-hybridized carbons (Fsp3) is 0.160. The van der Waals surface area contributed by atoms with Crippen LogP contribution in [0.4, 0.5) is 20.2 Å². The van der Waals surface area contributed by atoms with Crippen molar-refractivity contribution in [2.45, 2.75) is 12.6 Å². The third-order valence-electron chi connectivity index (χ3n) is 6.44. The van der Waals surface area contributed by atoms with Gasteiger partial charge in [0.15, 0.2) is 6.17 Å². The van der Waals surface area contributed by atoms with Gasteiger partial charge in [-0.2, -0.15) is 0 Å². The number of aromatic amines is 1. The molecular formula is C25H18BrF2N3O2. The molecule has 3 heterocycles. The van der Waals surface area contributed by atoms with Crippen molar-refractivity contribution in [3.8, 4) is 5.75 Å². The molecule has 0 radical (unpaired) electrons. The SMILES string of the molecule is COc1ccc2[nH]c3c(c2c1)CCN1C(=O)c2cc(F)ccc2N(c2ccc(Br)c(F)c2)C31. The van der Waals surface area contributed by atoms with Crippen LogP contribution in [0.25, 0.3) is 10.9 Å². The Bertz CT molecular complexity index is 1450. The van der Waals surface area contributed by atoms with Gasteiger partial charge in [0.05, 0.1) is 28.5 Å². The van der Waals surface area contributed by atoms with Crippen molar-refractivity contribution in [1.82, 2.24) is 9.88 Å². The van der Waals surface area contributed by atoms with Crippen molar-refractivity contribution in [2.75, 3.05) is 18.6 Å². The normalized spacial score (nSPS) is 17.1. The van der Waals surface area contributed by atoms with Gasteiger partial charge in [-0.3, -0.25) is 4.79 Å². The summed E-state index contributed by atoms with van der Waals surface area (Å²) in [4.78, 5) is 20.5. The first-order valence-corrected chi connectivity index (χ1v) is 11.3. The lowest BCUT2D eigenvalue weighted by Crippen LogP contribution is -2.50. The van der Waals surface area contributed by atoms with Gasteiger partial charge in [0.25, 0.3) is 5.91 Å². The predicted octanol–water partition coefficient (Wildman–Crippen LogP) is 6.07. The first kappa shape index (κ1) is 20.2. The van der Waals surface area contributed by atoms with E-state index in [-0.39, 0.29) is 11.5 Å². The van der Waals surface area contributed by atoms with E-state index in [1.165, 1.54) is 18.2 Å². The number of hydrogen-bond acceptors (Lipinski definition) is 3.